The van der Waals surface area contributed by atoms with Gasteiger partial charge in [0.05, 0.1) is 6.61 Å². The number of rotatable bonds is 5. The van der Waals surface area contributed by atoms with Crippen LogP contribution in [0.4, 0.5) is 0 Å². The maximum absolute atomic E-state index is 9.18. The van der Waals surface area contributed by atoms with E-state index in [-0.39, 0.29) is 12.0 Å². The zero-order valence-corrected chi connectivity index (χ0v) is 8.90. The first-order valence-corrected chi connectivity index (χ1v) is 4.82. The fraction of sp³-hybridized carbons (Fsp3) is 0.545. The van der Waals surface area contributed by atoms with E-state index in [2.05, 4.69) is 11.6 Å². The summed E-state index contributed by atoms with van der Waals surface area (Å²) in [6.45, 7) is 5.88. The Morgan fingerprint density at radius 2 is 2.43 bits per heavy atom. The predicted octanol–water partition coefficient (Wildman–Crippen LogP) is 1.54. The molecule has 3 nitrogen and oxygen atoms in total. The van der Waals surface area contributed by atoms with Crippen LogP contribution in [0.3, 0.4) is 0 Å². The monoisotopic (exact) mass is 194 g/mol. The van der Waals surface area contributed by atoms with Crippen molar-refractivity contribution in [2.75, 3.05) is 6.61 Å². The van der Waals surface area contributed by atoms with E-state index in [1.165, 1.54) is 0 Å². The van der Waals surface area contributed by atoms with Crippen LogP contribution in [0.25, 0.3) is 0 Å². The SMILES string of the molecule is C=CC(C)(CO)CCc1nccn1C. The molecule has 0 radical (unpaired) electrons. The molecule has 0 saturated heterocycles. The molecule has 0 bridgehead atoms. The summed E-state index contributed by atoms with van der Waals surface area (Å²) in [5.41, 5.74) is -0.189. The number of hydrogen-bond donors (Lipinski definition) is 1. The van der Waals surface area contributed by atoms with E-state index in [1.54, 1.807) is 6.20 Å². The van der Waals surface area contributed by atoms with Crippen LogP contribution in [0, 0.1) is 5.41 Å². The van der Waals surface area contributed by atoms with E-state index in [1.807, 2.05) is 30.8 Å². The molecule has 0 aliphatic rings. The Bertz CT molecular complexity index is 306. The fourth-order valence-electron chi connectivity index (χ4n) is 1.28. The first-order valence-electron chi connectivity index (χ1n) is 4.82. The van der Waals surface area contributed by atoms with Gasteiger partial charge >= 0.3 is 0 Å². The van der Waals surface area contributed by atoms with Gasteiger partial charge in [-0.05, 0) is 6.42 Å². The Morgan fingerprint density at radius 3 is 2.86 bits per heavy atom. The van der Waals surface area contributed by atoms with Crippen LogP contribution in [-0.2, 0) is 13.5 Å². The van der Waals surface area contributed by atoms with Crippen LogP contribution in [0.1, 0.15) is 19.2 Å². The number of hydrogen-bond acceptors (Lipinski definition) is 2. The van der Waals surface area contributed by atoms with E-state index in [4.69, 9.17) is 0 Å². The topological polar surface area (TPSA) is 38.1 Å². The van der Waals surface area contributed by atoms with E-state index >= 15 is 0 Å². The number of imidazole rings is 1. The van der Waals surface area contributed by atoms with Crippen molar-refractivity contribution in [3.8, 4) is 0 Å². The molecule has 3 heteroatoms. The molecule has 0 amide bonds. The maximum atomic E-state index is 9.18. The van der Waals surface area contributed by atoms with E-state index in [0.717, 1.165) is 18.7 Å². The quantitative estimate of drug-likeness (QED) is 0.722. The van der Waals surface area contributed by atoms with Crippen LogP contribution in [0.15, 0.2) is 25.0 Å². The maximum Gasteiger partial charge on any atom is 0.108 e. The standard InChI is InChI=1S/C11H18N2O/c1-4-11(2,9-14)6-5-10-12-7-8-13(10)3/h4,7-8,14H,1,5-6,9H2,2-3H3. The van der Waals surface area contributed by atoms with Gasteiger partial charge in [0.2, 0.25) is 0 Å². The summed E-state index contributed by atoms with van der Waals surface area (Å²) in [5, 5.41) is 9.18. The summed E-state index contributed by atoms with van der Waals surface area (Å²) in [6.07, 6.45) is 7.28. The number of aryl methyl sites for hydroxylation is 2. The highest BCUT2D eigenvalue weighted by Gasteiger charge is 2.19. The molecule has 0 aliphatic heterocycles. The molecule has 78 valence electrons. The molecule has 0 aromatic carbocycles. The third-order valence-electron chi connectivity index (χ3n) is 2.69. The minimum Gasteiger partial charge on any atom is -0.395 e. The highest BCUT2D eigenvalue weighted by atomic mass is 16.3. The molecular weight excluding hydrogens is 176 g/mol. The smallest absolute Gasteiger partial charge is 0.108 e. The molecule has 0 aliphatic carbocycles. The second-order valence-corrected chi connectivity index (χ2v) is 3.97. The van der Waals surface area contributed by atoms with Gasteiger partial charge in [-0.3, -0.25) is 0 Å². The average molecular weight is 194 g/mol. The number of aromatic nitrogens is 2. The third-order valence-corrected chi connectivity index (χ3v) is 2.69. The van der Waals surface area contributed by atoms with E-state index in [9.17, 15) is 5.11 Å². The third kappa shape index (κ3) is 2.45. The molecule has 0 fully saturated rings. The van der Waals surface area contributed by atoms with Gasteiger partial charge in [-0.1, -0.05) is 13.0 Å². The minimum atomic E-state index is -0.189. The summed E-state index contributed by atoms with van der Waals surface area (Å²) < 4.78 is 2.00. The van der Waals surface area contributed by atoms with Crippen LogP contribution >= 0.6 is 0 Å². The van der Waals surface area contributed by atoms with Crippen LogP contribution < -0.4 is 0 Å². The molecule has 1 N–H and O–H groups in total. The van der Waals surface area contributed by atoms with Crippen LogP contribution in [0.2, 0.25) is 0 Å². The van der Waals surface area contributed by atoms with Gasteiger partial charge in [-0.15, -0.1) is 6.58 Å². The Balaban J connectivity index is 2.56. The lowest BCUT2D eigenvalue weighted by Gasteiger charge is -2.22. The van der Waals surface area contributed by atoms with Crippen molar-refractivity contribution < 1.29 is 5.11 Å². The highest BCUT2D eigenvalue weighted by Crippen LogP contribution is 2.23. The summed E-state index contributed by atoms with van der Waals surface area (Å²) in [6, 6.07) is 0. The van der Waals surface area contributed by atoms with Gasteiger partial charge in [0.1, 0.15) is 5.82 Å². The van der Waals surface area contributed by atoms with Crippen molar-refractivity contribution in [1.82, 2.24) is 9.55 Å². The second kappa shape index (κ2) is 4.42. The lowest BCUT2D eigenvalue weighted by molar-refractivity contribution is 0.175. The molecule has 1 unspecified atom stereocenters. The molecule has 14 heavy (non-hydrogen) atoms. The molecule has 1 heterocycles. The Labute approximate surface area is 85.1 Å². The van der Waals surface area contributed by atoms with Crippen LogP contribution in [0.5, 0.6) is 0 Å². The normalized spacial score (nSPS) is 15.1. The lowest BCUT2D eigenvalue weighted by atomic mass is 9.86. The number of aliphatic hydroxyl groups excluding tert-OH is 1. The molecular formula is C11H18N2O. The van der Waals surface area contributed by atoms with Crippen molar-refractivity contribution in [3.05, 3.63) is 30.9 Å². The minimum absolute atomic E-state index is 0.140. The molecule has 1 rings (SSSR count). The highest BCUT2D eigenvalue weighted by molar-refractivity contribution is 4.97. The zero-order valence-electron chi connectivity index (χ0n) is 8.90. The van der Waals surface area contributed by atoms with E-state index < -0.39 is 0 Å². The lowest BCUT2D eigenvalue weighted by Crippen LogP contribution is -2.19. The number of aliphatic hydroxyl groups is 1. The molecule has 0 spiro atoms. The summed E-state index contributed by atoms with van der Waals surface area (Å²) in [7, 11) is 1.98. The van der Waals surface area contributed by atoms with Gasteiger partial charge in [0, 0.05) is 31.3 Å². The van der Waals surface area contributed by atoms with Crippen molar-refractivity contribution in [3.63, 3.8) is 0 Å². The zero-order chi connectivity index (χ0) is 10.6. The molecule has 0 saturated carbocycles. The first-order chi connectivity index (χ1) is 6.61. The van der Waals surface area contributed by atoms with Crippen molar-refractivity contribution >= 4 is 0 Å². The number of nitrogens with zero attached hydrogens (tertiary/aromatic N) is 2. The molecule has 1 aromatic heterocycles. The van der Waals surface area contributed by atoms with Gasteiger partial charge in [-0.25, -0.2) is 4.98 Å². The largest absolute Gasteiger partial charge is 0.395 e. The van der Waals surface area contributed by atoms with Crippen molar-refractivity contribution in [1.29, 1.82) is 0 Å². The van der Waals surface area contributed by atoms with Gasteiger partial charge in [0.25, 0.3) is 0 Å². The summed E-state index contributed by atoms with van der Waals surface area (Å²) >= 11 is 0. The second-order valence-electron chi connectivity index (χ2n) is 3.97. The Morgan fingerprint density at radius 1 is 1.71 bits per heavy atom. The summed E-state index contributed by atoms with van der Waals surface area (Å²) in [4.78, 5) is 4.23. The molecule has 1 atom stereocenters. The Hall–Kier alpha value is -1.09. The first kappa shape index (κ1) is 11.0. The predicted molar refractivity (Wildman–Crippen MR) is 56.9 cm³/mol. The van der Waals surface area contributed by atoms with Gasteiger partial charge < -0.3 is 9.67 Å². The van der Waals surface area contributed by atoms with Gasteiger partial charge in [0.15, 0.2) is 0 Å². The van der Waals surface area contributed by atoms with Crippen molar-refractivity contribution in [2.45, 2.75) is 19.8 Å². The fourth-order valence-corrected chi connectivity index (χ4v) is 1.28. The summed E-state index contributed by atoms with van der Waals surface area (Å²) in [5.74, 6) is 1.05. The Kier molecular flexibility index (Phi) is 3.47. The average Bonchev–Trinajstić information content (AvgIpc) is 2.61. The van der Waals surface area contributed by atoms with E-state index in [0.29, 0.717) is 0 Å². The molecule has 1 aromatic rings. The van der Waals surface area contributed by atoms with Crippen molar-refractivity contribution in [2.24, 2.45) is 12.5 Å². The van der Waals surface area contributed by atoms with Crippen LogP contribution in [-0.4, -0.2) is 21.3 Å². The van der Waals surface area contributed by atoms with Gasteiger partial charge in [-0.2, -0.15) is 0 Å².